The Morgan fingerprint density at radius 1 is 1.06 bits per heavy atom. The highest BCUT2D eigenvalue weighted by atomic mass is 32.2. The molecule has 36 heavy (non-hydrogen) atoms. The first-order chi connectivity index (χ1) is 17.3. The standard InChI is InChI=1S/C27H23N5O3S/c1-18-7-8-21(16-25(18)26-23-6-4-3-5-19(23)11-12-29-26)30-27(33)24-10-9-22(15-20(24)17-28)32-14-13-31(2)36(32,34)35/h3-12,15-16H,13-14H2,1-2H3,(H,30,33). The Morgan fingerprint density at radius 2 is 1.86 bits per heavy atom. The Morgan fingerprint density at radius 3 is 2.61 bits per heavy atom. The topological polar surface area (TPSA) is 106 Å². The zero-order chi connectivity index (χ0) is 25.4. The number of pyridine rings is 1. The first kappa shape index (κ1) is 23.5. The number of aryl methyl sites for hydroxylation is 1. The molecular formula is C27H23N5O3S. The van der Waals surface area contributed by atoms with Crippen LogP contribution in [0.1, 0.15) is 21.5 Å². The van der Waals surface area contributed by atoms with Gasteiger partial charge in [0.1, 0.15) is 6.07 Å². The molecule has 0 bridgehead atoms. The van der Waals surface area contributed by atoms with Crippen molar-refractivity contribution >= 4 is 38.3 Å². The van der Waals surface area contributed by atoms with Gasteiger partial charge in [-0.25, -0.2) is 0 Å². The molecule has 0 radical (unpaired) electrons. The second kappa shape index (κ2) is 9.07. The van der Waals surface area contributed by atoms with Gasteiger partial charge in [0, 0.05) is 43.0 Å². The molecule has 0 atom stereocenters. The minimum absolute atomic E-state index is 0.0952. The summed E-state index contributed by atoms with van der Waals surface area (Å²) in [6, 6.07) is 22.0. The second-order valence-corrected chi connectivity index (χ2v) is 10.6. The lowest BCUT2D eigenvalue weighted by molar-refractivity contribution is 0.102. The average Bonchev–Trinajstić information content (AvgIpc) is 3.16. The van der Waals surface area contributed by atoms with Crippen LogP contribution in [0.25, 0.3) is 22.0 Å². The van der Waals surface area contributed by atoms with Crippen LogP contribution in [0.3, 0.4) is 0 Å². The Balaban J connectivity index is 1.46. The SMILES string of the molecule is Cc1ccc(NC(=O)c2ccc(N3CCN(C)S3(=O)=O)cc2C#N)cc1-c1nccc2ccccc12. The van der Waals surface area contributed by atoms with Crippen LogP contribution in [0.5, 0.6) is 0 Å². The summed E-state index contributed by atoms with van der Waals surface area (Å²) in [5.74, 6) is -0.458. The molecule has 9 heteroatoms. The second-order valence-electron chi connectivity index (χ2n) is 8.61. The van der Waals surface area contributed by atoms with Crippen LogP contribution in [-0.4, -0.2) is 43.8 Å². The fourth-order valence-corrected chi connectivity index (χ4v) is 5.70. The van der Waals surface area contributed by atoms with E-state index in [1.54, 1.807) is 18.3 Å². The molecule has 5 rings (SSSR count). The van der Waals surface area contributed by atoms with Gasteiger partial charge in [0.15, 0.2) is 0 Å². The molecule has 0 unspecified atom stereocenters. The summed E-state index contributed by atoms with van der Waals surface area (Å²) in [7, 11) is -2.12. The highest BCUT2D eigenvalue weighted by Crippen LogP contribution is 2.31. The summed E-state index contributed by atoms with van der Waals surface area (Å²) in [5, 5.41) is 14.6. The van der Waals surface area contributed by atoms with Gasteiger partial charge in [-0.05, 0) is 54.3 Å². The van der Waals surface area contributed by atoms with Crippen molar-refractivity contribution in [2.45, 2.75) is 6.92 Å². The smallest absolute Gasteiger partial charge is 0.303 e. The molecular weight excluding hydrogens is 474 g/mol. The van der Waals surface area contributed by atoms with Crippen LogP contribution in [-0.2, 0) is 10.2 Å². The zero-order valence-electron chi connectivity index (χ0n) is 19.8. The van der Waals surface area contributed by atoms with Crippen molar-refractivity contribution in [1.82, 2.24) is 9.29 Å². The van der Waals surface area contributed by atoms with Crippen LogP contribution >= 0.6 is 0 Å². The maximum absolute atomic E-state index is 13.1. The number of likely N-dealkylation sites (N-methyl/N-ethyl adjacent to an activating group) is 1. The minimum Gasteiger partial charge on any atom is -0.322 e. The van der Waals surface area contributed by atoms with E-state index in [1.165, 1.54) is 27.8 Å². The van der Waals surface area contributed by atoms with Gasteiger partial charge in [0.25, 0.3) is 5.91 Å². The lowest BCUT2D eigenvalue weighted by atomic mass is 9.99. The third-order valence-corrected chi connectivity index (χ3v) is 8.29. The van der Waals surface area contributed by atoms with Crippen LogP contribution in [0.2, 0.25) is 0 Å². The number of nitriles is 1. The van der Waals surface area contributed by atoms with Crippen molar-refractivity contribution in [2.75, 3.05) is 29.8 Å². The fourth-order valence-electron chi connectivity index (χ4n) is 4.36. The van der Waals surface area contributed by atoms with Gasteiger partial charge in [-0.2, -0.15) is 18.0 Å². The number of nitrogens with zero attached hydrogens (tertiary/aromatic N) is 4. The molecule has 4 aromatic rings. The summed E-state index contributed by atoms with van der Waals surface area (Å²) in [6.07, 6.45) is 1.77. The number of fused-ring (bicyclic) bond motifs is 1. The van der Waals surface area contributed by atoms with Crippen molar-refractivity contribution in [3.8, 4) is 17.3 Å². The molecule has 1 amide bonds. The highest BCUT2D eigenvalue weighted by molar-refractivity contribution is 7.90. The number of amides is 1. The number of rotatable bonds is 4. The number of anilines is 2. The van der Waals surface area contributed by atoms with Crippen molar-refractivity contribution in [2.24, 2.45) is 0 Å². The van der Waals surface area contributed by atoms with E-state index >= 15 is 0 Å². The summed E-state index contributed by atoms with van der Waals surface area (Å²) in [5.41, 5.74) is 3.90. The Labute approximate surface area is 209 Å². The van der Waals surface area contributed by atoms with Crippen molar-refractivity contribution in [1.29, 1.82) is 5.26 Å². The first-order valence-corrected chi connectivity index (χ1v) is 12.7. The van der Waals surface area contributed by atoms with Crippen molar-refractivity contribution < 1.29 is 13.2 Å². The predicted molar refractivity (Wildman–Crippen MR) is 140 cm³/mol. The van der Waals surface area contributed by atoms with Gasteiger partial charge in [-0.15, -0.1) is 0 Å². The molecule has 1 aliphatic heterocycles. The molecule has 8 nitrogen and oxygen atoms in total. The largest absolute Gasteiger partial charge is 0.322 e. The number of hydrogen-bond acceptors (Lipinski definition) is 5. The molecule has 0 spiro atoms. The summed E-state index contributed by atoms with van der Waals surface area (Å²) in [6.45, 7) is 2.62. The molecule has 3 aromatic carbocycles. The Kier molecular flexibility index (Phi) is 5.92. The van der Waals surface area contributed by atoms with Crippen LogP contribution in [0.15, 0.2) is 72.9 Å². The number of hydrogen-bond donors (Lipinski definition) is 1. The fraction of sp³-hybridized carbons (Fsp3) is 0.148. The monoisotopic (exact) mass is 497 g/mol. The van der Waals surface area contributed by atoms with Crippen molar-refractivity contribution in [3.63, 3.8) is 0 Å². The van der Waals surface area contributed by atoms with E-state index < -0.39 is 16.1 Å². The molecule has 2 heterocycles. The Hall–Kier alpha value is -4.26. The third-order valence-electron chi connectivity index (χ3n) is 6.37. The maximum atomic E-state index is 13.1. The van der Waals surface area contributed by atoms with E-state index in [4.69, 9.17) is 0 Å². The maximum Gasteiger partial charge on any atom is 0.303 e. The quantitative estimate of drug-likeness (QED) is 0.452. The van der Waals surface area contributed by atoms with E-state index in [9.17, 15) is 18.5 Å². The first-order valence-electron chi connectivity index (χ1n) is 11.3. The van der Waals surface area contributed by atoms with Gasteiger partial charge in [-0.3, -0.25) is 14.1 Å². The normalized spacial score (nSPS) is 15.1. The van der Waals surface area contributed by atoms with E-state index in [0.29, 0.717) is 17.9 Å². The molecule has 1 N–H and O–H groups in total. The van der Waals surface area contributed by atoms with Crippen LogP contribution in [0.4, 0.5) is 11.4 Å². The lowest BCUT2D eigenvalue weighted by Gasteiger charge is -2.19. The van der Waals surface area contributed by atoms with Crippen LogP contribution < -0.4 is 9.62 Å². The number of benzene rings is 3. The lowest BCUT2D eigenvalue weighted by Crippen LogP contribution is -2.30. The molecule has 1 aromatic heterocycles. The molecule has 0 aliphatic carbocycles. The van der Waals surface area contributed by atoms with Crippen LogP contribution in [0, 0.1) is 18.3 Å². The summed E-state index contributed by atoms with van der Waals surface area (Å²) < 4.78 is 27.5. The number of nitrogens with one attached hydrogen (secondary N) is 1. The zero-order valence-corrected chi connectivity index (χ0v) is 20.6. The molecule has 0 saturated carbocycles. The Bertz CT molecular complexity index is 1650. The van der Waals surface area contributed by atoms with Gasteiger partial charge in [0.05, 0.1) is 22.5 Å². The molecule has 1 fully saturated rings. The summed E-state index contributed by atoms with van der Waals surface area (Å²) >= 11 is 0. The van der Waals surface area contributed by atoms with E-state index in [-0.39, 0.29) is 17.7 Å². The predicted octanol–water partition coefficient (Wildman–Crippen LogP) is 4.33. The molecule has 180 valence electrons. The number of carbonyl (C=O) groups excluding carboxylic acids is 1. The average molecular weight is 498 g/mol. The minimum atomic E-state index is -3.63. The van der Waals surface area contributed by atoms with Gasteiger partial charge in [-0.1, -0.05) is 30.3 Å². The van der Waals surface area contributed by atoms with Crippen molar-refractivity contribution in [3.05, 3.63) is 89.6 Å². The van der Waals surface area contributed by atoms with E-state index in [1.807, 2.05) is 55.5 Å². The van der Waals surface area contributed by atoms with Gasteiger partial charge >= 0.3 is 10.2 Å². The van der Waals surface area contributed by atoms with E-state index in [2.05, 4.69) is 10.3 Å². The molecule has 1 saturated heterocycles. The summed E-state index contributed by atoms with van der Waals surface area (Å²) in [4.78, 5) is 17.7. The van der Waals surface area contributed by atoms with Gasteiger partial charge in [0.2, 0.25) is 0 Å². The number of carbonyl (C=O) groups is 1. The number of aromatic nitrogens is 1. The third kappa shape index (κ3) is 4.06. The highest BCUT2D eigenvalue weighted by Gasteiger charge is 2.34. The van der Waals surface area contributed by atoms with E-state index in [0.717, 1.165) is 27.6 Å². The van der Waals surface area contributed by atoms with Gasteiger partial charge < -0.3 is 5.32 Å². The molecule has 1 aliphatic rings.